The van der Waals surface area contributed by atoms with E-state index in [4.69, 9.17) is 18.5 Å². The Labute approximate surface area is 201 Å². The zero-order valence-corrected chi connectivity index (χ0v) is 20.4. The van der Waals surface area contributed by atoms with Gasteiger partial charge in [0, 0.05) is 6.20 Å². The van der Waals surface area contributed by atoms with Crippen molar-refractivity contribution in [3.8, 4) is 5.75 Å². The van der Waals surface area contributed by atoms with Gasteiger partial charge in [-0.05, 0) is 39.0 Å². The first-order chi connectivity index (χ1) is 16.4. The minimum Gasteiger partial charge on any atom is -0.462 e. The lowest BCUT2D eigenvalue weighted by molar-refractivity contribution is -0.150. The van der Waals surface area contributed by atoms with Gasteiger partial charge in [0.25, 0.3) is 0 Å². The molecule has 0 radical (unpaired) electrons. The van der Waals surface area contributed by atoms with Crippen molar-refractivity contribution in [3.63, 3.8) is 0 Å². The maximum Gasteiger partial charge on any atom is 0.459 e. The van der Waals surface area contributed by atoms with Crippen LogP contribution in [-0.2, 0) is 32.9 Å². The number of aliphatic hydroxyl groups is 1. The van der Waals surface area contributed by atoms with E-state index in [0.717, 1.165) is 24.1 Å². The summed E-state index contributed by atoms with van der Waals surface area (Å²) >= 11 is 0. The fraction of sp³-hybridized carbons (Fsp3) is 0.500. The molecule has 0 spiro atoms. The minimum atomic E-state index is -4.24. The van der Waals surface area contributed by atoms with Crippen LogP contribution in [0.4, 0.5) is 4.39 Å². The predicted molar refractivity (Wildman–Crippen MR) is 120 cm³/mol. The highest BCUT2D eigenvalue weighted by atomic mass is 31.2. The number of benzene rings is 1. The molecule has 0 bridgehead atoms. The number of hydrogen-bond donors (Lipinski definition) is 2. The number of hydrogen-bond acceptors (Lipinski definition) is 9. The number of nitrogens with zero attached hydrogens (tertiary/aromatic N) is 1. The van der Waals surface area contributed by atoms with Crippen LogP contribution in [0.5, 0.6) is 5.75 Å². The number of ether oxygens (including phenoxy) is 2. The number of halogens is 1. The van der Waals surface area contributed by atoms with Gasteiger partial charge in [-0.3, -0.25) is 23.8 Å². The molecule has 5 atom stereocenters. The van der Waals surface area contributed by atoms with Crippen LogP contribution in [0, 0.1) is 0 Å². The molecule has 1 saturated heterocycles. The average Bonchev–Trinajstić information content (AvgIpc) is 3.00. The van der Waals surface area contributed by atoms with Crippen LogP contribution in [0.2, 0.25) is 0 Å². The largest absolute Gasteiger partial charge is 0.462 e. The number of ketones is 1. The van der Waals surface area contributed by atoms with Crippen LogP contribution in [0.3, 0.4) is 0 Å². The quantitative estimate of drug-likeness (QED) is 0.270. The number of carbonyl (C=O) groups is 3. The van der Waals surface area contributed by atoms with Crippen LogP contribution in [-0.4, -0.2) is 71.0 Å². The van der Waals surface area contributed by atoms with E-state index in [2.05, 4.69) is 5.09 Å². The van der Waals surface area contributed by atoms with Gasteiger partial charge < -0.3 is 19.1 Å². The van der Waals surface area contributed by atoms with Crippen molar-refractivity contribution in [1.82, 2.24) is 9.99 Å². The minimum absolute atomic E-state index is 0.162. The van der Waals surface area contributed by atoms with E-state index in [9.17, 15) is 24.1 Å². The molecule has 1 aromatic carbocycles. The Kier molecular flexibility index (Phi) is 8.45. The summed E-state index contributed by atoms with van der Waals surface area (Å²) in [5, 5.41) is 12.9. The van der Waals surface area contributed by atoms with Gasteiger partial charge in [-0.25, -0.2) is 14.0 Å². The number of aliphatic hydroxyl groups excluding tert-OH is 1. The van der Waals surface area contributed by atoms with Crippen LogP contribution in [0.25, 0.3) is 0 Å². The van der Waals surface area contributed by atoms with Gasteiger partial charge in [-0.15, -0.1) is 0 Å². The van der Waals surface area contributed by atoms with Gasteiger partial charge in [0.2, 0.25) is 5.91 Å². The lowest BCUT2D eigenvalue weighted by Crippen LogP contribution is -2.51. The number of amides is 1. The number of alkyl halides is 1. The van der Waals surface area contributed by atoms with Gasteiger partial charge >= 0.3 is 13.7 Å². The van der Waals surface area contributed by atoms with Crippen molar-refractivity contribution in [3.05, 3.63) is 42.6 Å². The summed E-state index contributed by atoms with van der Waals surface area (Å²) in [6.45, 7) is 3.21. The van der Waals surface area contributed by atoms with Crippen molar-refractivity contribution in [1.29, 1.82) is 0 Å². The fourth-order valence-electron chi connectivity index (χ4n) is 3.47. The molecular formula is C22H28FN2O9P. The summed E-state index contributed by atoms with van der Waals surface area (Å²) in [5.41, 5.74) is -2.44. The summed E-state index contributed by atoms with van der Waals surface area (Å²) in [7, 11) is -4.24. The van der Waals surface area contributed by atoms with Crippen LogP contribution in [0.15, 0.2) is 42.6 Å². The first kappa shape index (κ1) is 27.0. The number of allylic oxidation sites excluding steroid dienone is 1. The summed E-state index contributed by atoms with van der Waals surface area (Å²) in [6, 6.07) is 7.98. The monoisotopic (exact) mass is 514 g/mol. The highest BCUT2D eigenvalue weighted by Crippen LogP contribution is 2.46. The van der Waals surface area contributed by atoms with Crippen molar-refractivity contribution in [2.24, 2.45) is 0 Å². The van der Waals surface area contributed by atoms with E-state index in [-0.39, 0.29) is 5.75 Å². The molecule has 1 amide bonds. The smallest absolute Gasteiger partial charge is 0.459 e. The molecule has 0 saturated carbocycles. The second kappa shape index (κ2) is 11.0. The second-order valence-electron chi connectivity index (χ2n) is 8.45. The Bertz CT molecular complexity index is 1020. The number of nitrogens with one attached hydrogen (secondary N) is 1. The molecule has 3 rings (SSSR count). The van der Waals surface area contributed by atoms with Crippen molar-refractivity contribution in [2.45, 2.75) is 57.4 Å². The van der Waals surface area contributed by atoms with Gasteiger partial charge in [0.15, 0.2) is 17.7 Å². The fourth-order valence-corrected chi connectivity index (χ4v) is 4.74. The first-order valence-corrected chi connectivity index (χ1v) is 12.4. The summed E-state index contributed by atoms with van der Waals surface area (Å²) in [5.74, 6) is -1.68. The van der Waals surface area contributed by atoms with E-state index < -0.39 is 75.2 Å². The predicted octanol–water partition coefficient (Wildman–Crippen LogP) is 1.86. The molecule has 2 aliphatic rings. The molecule has 2 heterocycles. The molecule has 35 heavy (non-hydrogen) atoms. The highest BCUT2D eigenvalue weighted by Gasteiger charge is 2.57. The third-order valence-electron chi connectivity index (χ3n) is 5.17. The third-order valence-corrected chi connectivity index (χ3v) is 6.65. The van der Waals surface area contributed by atoms with Crippen LogP contribution in [0.1, 0.15) is 27.2 Å². The molecule has 0 aromatic heterocycles. The summed E-state index contributed by atoms with van der Waals surface area (Å²) in [4.78, 5) is 36.5. The SMILES string of the molecule is CC(C)OC(=O)CN[P@](=O)(OCC1O[C@@H](N2C=CC(=O)CC2=O)[C@](C)(F)[C@@H]1O)Oc1ccccc1. The van der Waals surface area contributed by atoms with E-state index in [1.807, 2.05) is 0 Å². The highest BCUT2D eigenvalue weighted by molar-refractivity contribution is 7.52. The third kappa shape index (κ3) is 6.74. The maximum atomic E-state index is 15.4. The molecule has 11 nitrogen and oxygen atoms in total. The van der Waals surface area contributed by atoms with Gasteiger partial charge in [-0.1, -0.05) is 18.2 Å². The Morgan fingerprint density at radius 2 is 2.03 bits per heavy atom. The molecular weight excluding hydrogens is 486 g/mol. The van der Waals surface area contributed by atoms with Crippen molar-refractivity contribution < 1.29 is 47.0 Å². The van der Waals surface area contributed by atoms with E-state index >= 15 is 4.39 Å². The average molecular weight is 514 g/mol. The number of carbonyl (C=O) groups excluding carboxylic acids is 3. The number of rotatable bonds is 10. The normalized spacial score (nSPS) is 28.3. The molecule has 13 heteroatoms. The standard InChI is InChI=1S/C22H28FN2O9P/c1-14(2)32-19(28)12-24-35(30,34-16-7-5-4-6-8-16)31-13-17-20(29)22(3,23)21(33-17)25-10-9-15(26)11-18(25)27/h4-10,14,17,20-21,29H,11-13H2,1-3H3,(H,24,30)/t17?,20-,21-,22-,35+/m1/s1. The Morgan fingerprint density at radius 3 is 2.66 bits per heavy atom. The molecule has 2 aliphatic heterocycles. The van der Waals surface area contributed by atoms with Gasteiger partial charge in [0.05, 0.1) is 19.1 Å². The topological polar surface area (TPSA) is 141 Å². The van der Waals surface area contributed by atoms with Gasteiger partial charge in [-0.2, -0.15) is 0 Å². The van der Waals surface area contributed by atoms with E-state index in [1.165, 1.54) is 12.1 Å². The first-order valence-electron chi connectivity index (χ1n) is 10.9. The number of para-hydroxylation sites is 1. The van der Waals surface area contributed by atoms with Crippen LogP contribution < -0.4 is 9.61 Å². The molecule has 1 fully saturated rings. The van der Waals surface area contributed by atoms with Crippen molar-refractivity contribution in [2.75, 3.05) is 13.2 Å². The molecule has 1 aromatic rings. The van der Waals surface area contributed by atoms with E-state index in [0.29, 0.717) is 0 Å². The van der Waals surface area contributed by atoms with Crippen molar-refractivity contribution >= 4 is 25.4 Å². The Hall–Kier alpha value is -2.63. The zero-order valence-electron chi connectivity index (χ0n) is 19.5. The number of esters is 1. The zero-order chi connectivity index (χ0) is 25.8. The molecule has 1 unspecified atom stereocenters. The van der Waals surface area contributed by atoms with E-state index in [1.54, 1.807) is 32.0 Å². The second-order valence-corrected chi connectivity index (χ2v) is 10.2. The molecule has 0 aliphatic carbocycles. The lowest BCUT2D eigenvalue weighted by Gasteiger charge is -2.32. The summed E-state index contributed by atoms with van der Waals surface area (Å²) < 4.78 is 50.2. The van der Waals surface area contributed by atoms with Gasteiger partial charge in [0.1, 0.15) is 24.5 Å². The van der Waals surface area contributed by atoms with Crippen LogP contribution >= 0.6 is 7.75 Å². The Morgan fingerprint density at radius 1 is 1.34 bits per heavy atom. The molecule has 192 valence electrons. The lowest BCUT2D eigenvalue weighted by atomic mass is 9.97. The Balaban J connectivity index is 1.72. The molecule has 2 N–H and O–H groups in total. The summed E-state index contributed by atoms with van der Waals surface area (Å²) in [6.07, 6.45) is -3.33. The maximum absolute atomic E-state index is 15.4.